The number of hydrogen-bond acceptors (Lipinski definition) is 3. The van der Waals surface area contributed by atoms with Gasteiger partial charge in [0.15, 0.2) is 10.9 Å². The molecule has 0 aliphatic rings. The second kappa shape index (κ2) is 6.65. The standard InChI is InChI=1S/C13H11ClN2OS2/c14-12-7-6-11(19-12)10(17)8-15-13(18)16-9-4-2-1-3-5-9/h1-7H,8H2,(H2,15,16,18). The van der Waals surface area contributed by atoms with Gasteiger partial charge in [-0.1, -0.05) is 29.8 Å². The van der Waals surface area contributed by atoms with Gasteiger partial charge < -0.3 is 10.6 Å². The zero-order chi connectivity index (χ0) is 13.7. The lowest BCUT2D eigenvalue weighted by molar-refractivity contribution is 0.100. The van der Waals surface area contributed by atoms with E-state index in [1.165, 1.54) is 11.3 Å². The first-order valence-electron chi connectivity index (χ1n) is 5.53. The molecule has 0 unspecified atom stereocenters. The maximum atomic E-state index is 11.8. The van der Waals surface area contributed by atoms with Gasteiger partial charge in [-0.3, -0.25) is 4.79 Å². The van der Waals surface area contributed by atoms with Gasteiger partial charge in [-0.25, -0.2) is 0 Å². The van der Waals surface area contributed by atoms with Gasteiger partial charge in [-0.05, 0) is 36.5 Å². The molecular formula is C13H11ClN2OS2. The summed E-state index contributed by atoms with van der Waals surface area (Å²) < 4.78 is 0.605. The van der Waals surface area contributed by atoms with E-state index < -0.39 is 0 Å². The molecule has 0 amide bonds. The average molecular weight is 311 g/mol. The Hall–Kier alpha value is -1.43. The van der Waals surface area contributed by atoms with Crippen molar-refractivity contribution < 1.29 is 4.79 Å². The lowest BCUT2D eigenvalue weighted by atomic mass is 10.3. The zero-order valence-electron chi connectivity index (χ0n) is 9.85. The number of benzene rings is 1. The lowest BCUT2D eigenvalue weighted by Crippen LogP contribution is -2.32. The maximum Gasteiger partial charge on any atom is 0.191 e. The molecule has 0 saturated heterocycles. The highest BCUT2D eigenvalue weighted by Gasteiger charge is 2.09. The number of anilines is 1. The van der Waals surface area contributed by atoms with E-state index in [9.17, 15) is 4.79 Å². The highest BCUT2D eigenvalue weighted by atomic mass is 35.5. The summed E-state index contributed by atoms with van der Waals surface area (Å²) in [5, 5.41) is 6.29. The van der Waals surface area contributed by atoms with Crippen molar-refractivity contribution in [3.8, 4) is 0 Å². The van der Waals surface area contributed by atoms with Crippen LogP contribution in [0.3, 0.4) is 0 Å². The summed E-state index contributed by atoms with van der Waals surface area (Å²) in [7, 11) is 0. The van der Waals surface area contributed by atoms with Crippen LogP contribution >= 0.6 is 35.2 Å². The van der Waals surface area contributed by atoms with E-state index in [0.29, 0.717) is 14.3 Å². The number of para-hydroxylation sites is 1. The van der Waals surface area contributed by atoms with Gasteiger partial charge in [0, 0.05) is 5.69 Å². The second-order valence-electron chi connectivity index (χ2n) is 3.70. The predicted octanol–water partition coefficient (Wildman–Crippen LogP) is 3.57. The number of ketones is 1. The fourth-order valence-electron chi connectivity index (χ4n) is 1.41. The summed E-state index contributed by atoms with van der Waals surface area (Å²) in [5.41, 5.74) is 0.881. The first kappa shape index (κ1) is 14.0. The maximum absolute atomic E-state index is 11.8. The van der Waals surface area contributed by atoms with Crippen LogP contribution in [-0.4, -0.2) is 17.4 Å². The Morgan fingerprint density at radius 3 is 2.58 bits per heavy atom. The van der Waals surface area contributed by atoms with Gasteiger partial charge in [0.05, 0.1) is 15.8 Å². The van der Waals surface area contributed by atoms with Gasteiger partial charge >= 0.3 is 0 Å². The summed E-state index contributed by atoms with van der Waals surface area (Å²) in [4.78, 5) is 12.4. The van der Waals surface area contributed by atoms with Crippen LogP contribution in [0.2, 0.25) is 4.34 Å². The molecule has 1 heterocycles. The van der Waals surface area contributed by atoms with E-state index in [4.69, 9.17) is 23.8 Å². The normalized spacial score (nSPS) is 9.95. The van der Waals surface area contributed by atoms with E-state index in [0.717, 1.165) is 5.69 Å². The highest BCUT2D eigenvalue weighted by molar-refractivity contribution is 7.80. The number of nitrogens with one attached hydrogen (secondary N) is 2. The van der Waals surface area contributed by atoms with Crippen molar-refractivity contribution in [2.75, 3.05) is 11.9 Å². The molecule has 2 aromatic rings. The molecule has 1 aromatic carbocycles. The Morgan fingerprint density at radius 1 is 1.21 bits per heavy atom. The number of thiocarbonyl (C=S) groups is 1. The Balaban J connectivity index is 1.82. The number of carbonyl (C=O) groups excluding carboxylic acids is 1. The van der Waals surface area contributed by atoms with Crippen molar-refractivity contribution >= 4 is 51.7 Å². The van der Waals surface area contributed by atoms with E-state index in [1.807, 2.05) is 30.3 Å². The Kier molecular flexibility index (Phi) is 4.90. The fraction of sp³-hybridized carbons (Fsp3) is 0.0769. The minimum atomic E-state index is -0.0332. The Labute approximate surface area is 125 Å². The van der Waals surface area contributed by atoms with Crippen molar-refractivity contribution in [3.05, 3.63) is 51.7 Å². The van der Waals surface area contributed by atoms with Crippen LogP contribution in [0.1, 0.15) is 9.67 Å². The number of halogens is 1. The van der Waals surface area contributed by atoms with Crippen LogP contribution in [0.25, 0.3) is 0 Å². The van der Waals surface area contributed by atoms with Crippen LogP contribution < -0.4 is 10.6 Å². The topological polar surface area (TPSA) is 41.1 Å². The molecule has 0 saturated carbocycles. The van der Waals surface area contributed by atoms with E-state index in [1.54, 1.807) is 12.1 Å². The van der Waals surface area contributed by atoms with Gasteiger partial charge in [0.2, 0.25) is 0 Å². The van der Waals surface area contributed by atoms with Crippen molar-refractivity contribution in [2.24, 2.45) is 0 Å². The third kappa shape index (κ3) is 4.31. The molecule has 2 rings (SSSR count). The lowest BCUT2D eigenvalue weighted by Gasteiger charge is -2.09. The monoisotopic (exact) mass is 310 g/mol. The molecule has 0 fully saturated rings. The fourth-order valence-corrected chi connectivity index (χ4v) is 2.58. The van der Waals surface area contributed by atoms with Crippen LogP contribution in [0.5, 0.6) is 0 Å². The largest absolute Gasteiger partial charge is 0.355 e. The molecule has 0 aliphatic carbocycles. The van der Waals surface area contributed by atoms with Gasteiger partial charge in [-0.2, -0.15) is 0 Å². The first-order chi connectivity index (χ1) is 9.15. The molecule has 3 nitrogen and oxygen atoms in total. The average Bonchev–Trinajstić information content (AvgIpc) is 2.84. The molecule has 0 radical (unpaired) electrons. The molecular weight excluding hydrogens is 300 g/mol. The molecule has 1 aromatic heterocycles. The summed E-state index contributed by atoms with van der Waals surface area (Å²) >= 11 is 12.2. The van der Waals surface area contributed by atoms with Crippen LogP contribution in [0.4, 0.5) is 5.69 Å². The van der Waals surface area contributed by atoms with E-state index in [2.05, 4.69) is 10.6 Å². The third-order valence-corrected chi connectivity index (χ3v) is 3.81. The number of hydrogen-bond donors (Lipinski definition) is 2. The van der Waals surface area contributed by atoms with E-state index in [-0.39, 0.29) is 12.3 Å². The van der Waals surface area contributed by atoms with Gasteiger partial charge in [0.1, 0.15) is 0 Å². The molecule has 98 valence electrons. The van der Waals surface area contributed by atoms with Crippen molar-refractivity contribution in [1.29, 1.82) is 0 Å². The van der Waals surface area contributed by atoms with E-state index >= 15 is 0 Å². The van der Waals surface area contributed by atoms with Gasteiger partial charge in [0.25, 0.3) is 0 Å². The molecule has 0 aliphatic heterocycles. The number of Topliss-reactive ketones (excluding diaryl/α,β-unsaturated/α-hetero) is 1. The van der Waals surface area contributed by atoms with Crippen molar-refractivity contribution in [2.45, 2.75) is 0 Å². The zero-order valence-corrected chi connectivity index (χ0v) is 12.2. The molecule has 2 N–H and O–H groups in total. The first-order valence-corrected chi connectivity index (χ1v) is 7.14. The van der Waals surface area contributed by atoms with Crippen molar-refractivity contribution in [3.63, 3.8) is 0 Å². The number of carbonyl (C=O) groups is 1. The molecule has 0 bridgehead atoms. The Bertz CT molecular complexity index is 583. The summed E-state index contributed by atoms with van der Waals surface area (Å²) in [5.74, 6) is -0.0332. The molecule has 0 atom stereocenters. The number of thiophene rings is 1. The minimum Gasteiger partial charge on any atom is -0.355 e. The minimum absolute atomic E-state index is 0.0332. The van der Waals surface area contributed by atoms with Crippen molar-refractivity contribution in [1.82, 2.24) is 5.32 Å². The summed E-state index contributed by atoms with van der Waals surface area (Å²) in [6, 6.07) is 13.0. The van der Waals surface area contributed by atoms with Crippen LogP contribution in [0.15, 0.2) is 42.5 Å². The highest BCUT2D eigenvalue weighted by Crippen LogP contribution is 2.21. The Morgan fingerprint density at radius 2 is 1.95 bits per heavy atom. The summed E-state index contributed by atoms with van der Waals surface area (Å²) in [6.07, 6.45) is 0. The predicted molar refractivity (Wildman–Crippen MR) is 84.3 cm³/mol. The quantitative estimate of drug-likeness (QED) is 0.669. The number of rotatable bonds is 4. The SMILES string of the molecule is O=C(CNC(=S)Nc1ccccc1)c1ccc(Cl)s1. The third-order valence-electron chi connectivity index (χ3n) is 2.29. The molecule has 19 heavy (non-hydrogen) atoms. The summed E-state index contributed by atoms with van der Waals surface area (Å²) in [6.45, 7) is 0.148. The van der Waals surface area contributed by atoms with Crippen LogP contribution in [-0.2, 0) is 0 Å². The van der Waals surface area contributed by atoms with Gasteiger partial charge in [-0.15, -0.1) is 11.3 Å². The molecule has 0 spiro atoms. The second-order valence-corrected chi connectivity index (χ2v) is 5.82. The smallest absolute Gasteiger partial charge is 0.191 e. The molecule has 6 heteroatoms. The van der Waals surface area contributed by atoms with Crippen LogP contribution in [0, 0.1) is 0 Å².